The molecule has 3 heteroatoms. The third-order valence-electron chi connectivity index (χ3n) is 6.42. The molecule has 4 aliphatic carbocycles. The Balaban J connectivity index is 1.61. The molecular formula is C17H22O3. The van der Waals surface area contributed by atoms with Crippen LogP contribution in [-0.4, -0.2) is 22.8 Å². The fourth-order valence-electron chi connectivity index (χ4n) is 5.61. The highest BCUT2D eigenvalue weighted by Gasteiger charge is 2.52. The van der Waals surface area contributed by atoms with E-state index in [1.165, 1.54) is 5.57 Å². The molecule has 1 unspecified atom stereocenters. The first-order valence-corrected chi connectivity index (χ1v) is 8.10. The van der Waals surface area contributed by atoms with Crippen LogP contribution in [-0.2, 0) is 9.59 Å². The molecule has 3 fully saturated rings. The smallest absolute Gasteiger partial charge is 0.164 e. The van der Waals surface area contributed by atoms with E-state index in [1.54, 1.807) is 0 Å². The molecule has 0 aromatic rings. The first-order chi connectivity index (χ1) is 9.65. The summed E-state index contributed by atoms with van der Waals surface area (Å²) in [5, 5.41) is 9.88. The van der Waals surface area contributed by atoms with Crippen molar-refractivity contribution in [3.63, 3.8) is 0 Å². The van der Waals surface area contributed by atoms with Gasteiger partial charge in [-0.1, -0.05) is 5.57 Å². The van der Waals surface area contributed by atoms with Crippen LogP contribution in [0, 0.1) is 29.6 Å². The van der Waals surface area contributed by atoms with E-state index in [1.807, 2.05) is 6.08 Å². The van der Waals surface area contributed by atoms with Gasteiger partial charge in [-0.05, 0) is 68.3 Å². The van der Waals surface area contributed by atoms with Crippen LogP contribution in [0.2, 0.25) is 0 Å². The normalized spacial score (nSPS) is 47.4. The molecule has 3 nitrogen and oxygen atoms in total. The van der Waals surface area contributed by atoms with Crippen LogP contribution in [0.15, 0.2) is 11.6 Å². The zero-order chi connectivity index (χ0) is 13.9. The highest BCUT2D eigenvalue weighted by molar-refractivity contribution is 5.91. The van der Waals surface area contributed by atoms with E-state index in [0.717, 1.165) is 32.1 Å². The predicted octanol–water partition coefficient (Wildman–Crippen LogP) is 2.28. The Morgan fingerprint density at radius 2 is 1.75 bits per heavy atom. The van der Waals surface area contributed by atoms with Gasteiger partial charge in [0.2, 0.25) is 0 Å². The number of rotatable bonds is 0. The molecule has 0 aromatic carbocycles. The van der Waals surface area contributed by atoms with Gasteiger partial charge in [0.25, 0.3) is 0 Å². The number of carbonyl (C=O) groups is 2. The van der Waals surface area contributed by atoms with Gasteiger partial charge in [-0.2, -0.15) is 0 Å². The molecule has 20 heavy (non-hydrogen) atoms. The molecular weight excluding hydrogens is 252 g/mol. The minimum absolute atomic E-state index is 0.105. The summed E-state index contributed by atoms with van der Waals surface area (Å²) in [5.74, 6) is 2.79. The summed E-state index contributed by atoms with van der Waals surface area (Å²) >= 11 is 0. The van der Waals surface area contributed by atoms with Crippen LogP contribution in [0.4, 0.5) is 0 Å². The van der Waals surface area contributed by atoms with Crippen molar-refractivity contribution in [2.75, 3.05) is 0 Å². The first-order valence-electron chi connectivity index (χ1n) is 8.10. The minimum atomic E-state index is -0.700. The van der Waals surface area contributed by atoms with Gasteiger partial charge in [-0.15, -0.1) is 0 Å². The Kier molecular flexibility index (Phi) is 2.88. The number of allylic oxidation sites excluding steroid dienone is 1. The van der Waals surface area contributed by atoms with Crippen LogP contribution < -0.4 is 0 Å². The SMILES string of the molecule is O=C1C=C2CC[C@H]3[C@@H]4CC(O)C(=O)[C@H]4CC[C@@H]3[C@H]2CC1. The molecule has 4 aliphatic rings. The van der Waals surface area contributed by atoms with E-state index in [4.69, 9.17) is 0 Å². The number of Topliss-reactive ketones (excluding diaryl/α,β-unsaturated/α-hetero) is 1. The van der Waals surface area contributed by atoms with Crippen molar-refractivity contribution in [2.24, 2.45) is 29.6 Å². The van der Waals surface area contributed by atoms with Crippen molar-refractivity contribution in [3.05, 3.63) is 11.6 Å². The lowest BCUT2D eigenvalue weighted by Crippen LogP contribution is -2.41. The van der Waals surface area contributed by atoms with Crippen molar-refractivity contribution in [3.8, 4) is 0 Å². The zero-order valence-electron chi connectivity index (χ0n) is 11.8. The maximum Gasteiger partial charge on any atom is 0.164 e. The number of carbonyl (C=O) groups excluding carboxylic acids is 2. The molecule has 3 saturated carbocycles. The van der Waals surface area contributed by atoms with Crippen molar-refractivity contribution in [1.82, 2.24) is 0 Å². The van der Waals surface area contributed by atoms with E-state index >= 15 is 0 Å². The van der Waals surface area contributed by atoms with E-state index in [0.29, 0.717) is 42.3 Å². The summed E-state index contributed by atoms with van der Waals surface area (Å²) < 4.78 is 0. The fraction of sp³-hybridized carbons (Fsp3) is 0.765. The Labute approximate surface area is 119 Å². The van der Waals surface area contributed by atoms with E-state index < -0.39 is 6.10 Å². The van der Waals surface area contributed by atoms with Crippen molar-refractivity contribution < 1.29 is 14.7 Å². The van der Waals surface area contributed by atoms with Gasteiger partial charge < -0.3 is 5.11 Å². The molecule has 0 bridgehead atoms. The van der Waals surface area contributed by atoms with Crippen LogP contribution in [0.3, 0.4) is 0 Å². The standard InChI is InChI=1S/C17H22O3/c18-10-2-4-11-9(7-10)1-3-13-12(11)5-6-14-15(13)8-16(19)17(14)20/h7,11-16,19H,1-6,8H2/t11-,12+,13+,14-,15-,16?/m0/s1. The molecule has 1 N–H and O–H groups in total. The molecule has 0 radical (unpaired) electrons. The second-order valence-corrected chi connectivity index (χ2v) is 7.20. The lowest BCUT2D eigenvalue weighted by atomic mass is 9.56. The number of ketones is 2. The van der Waals surface area contributed by atoms with Gasteiger partial charge in [-0.3, -0.25) is 9.59 Å². The maximum absolute atomic E-state index is 12.0. The summed E-state index contributed by atoms with van der Waals surface area (Å²) in [6, 6.07) is 0. The van der Waals surface area contributed by atoms with Crippen LogP contribution in [0.1, 0.15) is 44.9 Å². The van der Waals surface area contributed by atoms with Crippen molar-refractivity contribution >= 4 is 11.6 Å². The molecule has 0 spiro atoms. The van der Waals surface area contributed by atoms with Gasteiger partial charge in [-0.25, -0.2) is 0 Å². The average Bonchev–Trinajstić information content (AvgIpc) is 2.74. The molecule has 108 valence electrons. The Morgan fingerprint density at radius 3 is 2.60 bits per heavy atom. The number of hydrogen-bond donors (Lipinski definition) is 1. The molecule has 4 rings (SSSR count). The second-order valence-electron chi connectivity index (χ2n) is 7.20. The first kappa shape index (κ1) is 12.8. The minimum Gasteiger partial charge on any atom is -0.385 e. The fourth-order valence-corrected chi connectivity index (χ4v) is 5.61. The van der Waals surface area contributed by atoms with Gasteiger partial charge in [0.15, 0.2) is 11.6 Å². The summed E-state index contributed by atoms with van der Waals surface area (Å²) in [5.41, 5.74) is 1.38. The van der Waals surface area contributed by atoms with Crippen molar-refractivity contribution in [2.45, 2.75) is 51.0 Å². The number of hydrogen-bond acceptors (Lipinski definition) is 3. The Hall–Kier alpha value is -0.960. The summed E-state index contributed by atoms with van der Waals surface area (Å²) in [4.78, 5) is 23.6. The second kappa shape index (κ2) is 4.52. The molecule has 0 amide bonds. The topological polar surface area (TPSA) is 54.4 Å². The largest absolute Gasteiger partial charge is 0.385 e. The lowest BCUT2D eigenvalue weighted by Gasteiger charge is -2.48. The monoisotopic (exact) mass is 274 g/mol. The average molecular weight is 274 g/mol. The van der Waals surface area contributed by atoms with Gasteiger partial charge in [0.1, 0.15) is 6.10 Å². The molecule has 0 aliphatic heterocycles. The zero-order valence-corrected chi connectivity index (χ0v) is 11.8. The Morgan fingerprint density at radius 1 is 0.900 bits per heavy atom. The number of aliphatic hydroxyl groups excluding tert-OH is 1. The van der Waals surface area contributed by atoms with E-state index in [-0.39, 0.29) is 11.7 Å². The highest BCUT2D eigenvalue weighted by atomic mass is 16.3. The number of aliphatic hydroxyl groups is 1. The molecule has 0 aromatic heterocycles. The van der Waals surface area contributed by atoms with Crippen LogP contribution >= 0.6 is 0 Å². The molecule has 0 saturated heterocycles. The van der Waals surface area contributed by atoms with Gasteiger partial charge in [0.05, 0.1) is 0 Å². The van der Waals surface area contributed by atoms with Crippen molar-refractivity contribution in [1.29, 1.82) is 0 Å². The highest BCUT2D eigenvalue weighted by Crippen LogP contribution is 2.55. The number of fused-ring (bicyclic) bond motifs is 5. The third kappa shape index (κ3) is 1.75. The maximum atomic E-state index is 12.0. The quantitative estimate of drug-likeness (QED) is 0.737. The Bertz CT molecular complexity index is 492. The van der Waals surface area contributed by atoms with E-state index in [2.05, 4.69) is 0 Å². The van der Waals surface area contributed by atoms with Gasteiger partial charge in [0, 0.05) is 12.3 Å². The van der Waals surface area contributed by atoms with E-state index in [9.17, 15) is 14.7 Å². The van der Waals surface area contributed by atoms with Gasteiger partial charge >= 0.3 is 0 Å². The molecule has 0 heterocycles. The van der Waals surface area contributed by atoms with Crippen LogP contribution in [0.25, 0.3) is 0 Å². The predicted molar refractivity (Wildman–Crippen MR) is 73.9 cm³/mol. The summed E-state index contributed by atoms with van der Waals surface area (Å²) in [7, 11) is 0. The molecule has 6 atom stereocenters. The third-order valence-corrected chi connectivity index (χ3v) is 6.42. The summed E-state index contributed by atoms with van der Waals surface area (Å²) in [6.45, 7) is 0. The summed E-state index contributed by atoms with van der Waals surface area (Å²) in [6.07, 6.45) is 7.83. The van der Waals surface area contributed by atoms with Crippen LogP contribution in [0.5, 0.6) is 0 Å². The lowest BCUT2D eigenvalue weighted by molar-refractivity contribution is -0.129.